The lowest BCUT2D eigenvalue weighted by atomic mass is 9.94. The minimum atomic E-state index is -0.152. The molecular formula is C15H24O. The minimum Gasteiger partial charge on any atom is -0.393 e. The highest BCUT2D eigenvalue weighted by molar-refractivity contribution is 5.21. The second-order valence-electron chi connectivity index (χ2n) is 4.86. The molecule has 1 N–H and O–H groups in total. The van der Waals surface area contributed by atoms with Crippen molar-refractivity contribution in [2.45, 2.75) is 52.6 Å². The summed E-state index contributed by atoms with van der Waals surface area (Å²) in [7, 11) is 0. The van der Waals surface area contributed by atoms with Gasteiger partial charge in [-0.25, -0.2) is 0 Å². The Hall–Kier alpha value is -0.820. The van der Waals surface area contributed by atoms with Crippen LogP contribution in [0.4, 0.5) is 0 Å². The van der Waals surface area contributed by atoms with E-state index in [-0.39, 0.29) is 6.10 Å². The molecule has 1 nitrogen and oxygen atoms in total. The fourth-order valence-corrected chi connectivity index (χ4v) is 2.00. The highest BCUT2D eigenvalue weighted by Gasteiger charge is 2.12. The first-order chi connectivity index (χ1) is 7.63. The molecule has 0 heterocycles. The van der Waals surface area contributed by atoms with Crippen molar-refractivity contribution in [2.75, 3.05) is 0 Å². The van der Waals surface area contributed by atoms with Crippen LogP contribution >= 0.6 is 0 Å². The lowest BCUT2D eigenvalue weighted by Gasteiger charge is -2.18. The van der Waals surface area contributed by atoms with Crippen LogP contribution in [0.2, 0.25) is 0 Å². The van der Waals surface area contributed by atoms with Crippen molar-refractivity contribution >= 4 is 0 Å². The maximum absolute atomic E-state index is 9.96. The van der Waals surface area contributed by atoms with Gasteiger partial charge in [0.15, 0.2) is 0 Å². The van der Waals surface area contributed by atoms with Crippen LogP contribution in [0.5, 0.6) is 0 Å². The van der Waals surface area contributed by atoms with E-state index >= 15 is 0 Å². The molecule has 0 saturated carbocycles. The predicted octanol–water partition coefficient (Wildman–Crippen LogP) is 3.72. The van der Waals surface area contributed by atoms with Crippen LogP contribution in [0, 0.1) is 12.8 Å². The van der Waals surface area contributed by atoms with E-state index in [9.17, 15) is 5.11 Å². The van der Waals surface area contributed by atoms with E-state index in [0.29, 0.717) is 5.92 Å². The van der Waals surface area contributed by atoms with Crippen molar-refractivity contribution in [3.8, 4) is 0 Å². The zero-order valence-electron chi connectivity index (χ0n) is 10.7. The van der Waals surface area contributed by atoms with Gasteiger partial charge >= 0.3 is 0 Å². The van der Waals surface area contributed by atoms with E-state index in [2.05, 4.69) is 45.0 Å². The normalized spacial score (nSPS) is 14.8. The summed E-state index contributed by atoms with van der Waals surface area (Å²) in [6, 6.07) is 8.59. The quantitative estimate of drug-likeness (QED) is 0.774. The van der Waals surface area contributed by atoms with E-state index < -0.39 is 0 Å². The Bertz CT molecular complexity index is 289. The third-order valence-corrected chi connectivity index (χ3v) is 3.25. The average Bonchev–Trinajstić information content (AvgIpc) is 2.28. The van der Waals surface area contributed by atoms with Crippen LogP contribution in [-0.2, 0) is 6.42 Å². The molecule has 1 aromatic rings. The van der Waals surface area contributed by atoms with Crippen molar-refractivity contribution in [1.82, 2.24) is 0 Å². The van der Waals surface area contributed by atoms with Crippen LogP contribution in [0.25, 0.3) is 0 Å². The maximum atomic E-state index is 9.96. The number of aliphatic hydroxyl groups excluding tert-OH is 1. The Kier molecular flexibility index (Phi) is 5.54. The Morgan fingerprint density at radius 1 is 1.12 bits per heavy atom. The monoisotopic (exact) mass is 220 g/mol. The summed E-state index contributed by atoms with van der Waals surface area (Å²) in [5, 5.41) is 9.96. The van der Waals surface area contributed by atoms with Gasteiger partial charge in [0.05, 0.1) is 6.10 Å². The van der Waals surface area contributed by atoms with Crippen molar-refractivity contribution in [3.05, 3.63) is 35.4 Å². The van der Waals surface area contributed by atoms with E-state index in [4.69, 9.17) is 0 Å². The predicted molar refractivity (Wildman–Crippen MR) is 69.6 cm³/mol. The first kappa shape index (κ1) is 13.2. The van der Waals surface area contributed by atoms with E-state index in [1.165, 1.54) is 11.1 Å². The molecule has 1 aromatic carbocycles. The molecule has 2 unspecified atom stereocenters. The van der Waals surface area contributed by atoms with E-state index in [1.54, 1.807) is 0 Å². The van der Waals surface area contributed by atoms with Gasteiger partial charge in [-0.3, -0.25) is 0 Å². The van der Waals surface area contributed by atoms with Crippen LogP contribution in [0.3, 0.4) is 0 Å². The lowest BCUT2D eigenvalue weighted by molar-refractivity contribution is 0.103. The summed E-state index contributed by atoms with van der Waals surface area (Å²) < 4.78 is 0. The topological polar surface area (TPSA) is 20.2 Å². The maximum Gasteiger partial charge on any atom is 0.0568 e. The van der Waals surface area contributed by atoms with Gasteiger partial charge in [-0.05, 0) is 37.7 Å². The summed E-state index contributed by atoms with van der Waals surface area (Å²) in [6.07, 6.45) is 3.98. The summed E-state index contributed by atoms with van der Waals surface area (Å²) in [5.74, 6) is 0.426. The molecule has 0 saturated heterocycles. The van der Waals surface area contributed by atoms with Crippen molar-refractivity contribution in [3.63, 3.8) is 0 Å². The molecule has 0 amide bonds. The molecule has 0 spiro atoms. The first-order valence-corrected chi connectivity index (χ1v) is 6.37. The van der Waals surface area contributed by atoms with Gasteiger partial charge in [0.25, 0.3) is 0 Å². The number of aryl methyl sites for hydroxylation is 2. The smallest absolute Gasteiger partial charge is 0.0568 e. The number of hydrogen-bond donors (Lipinski definition) is 1. The lowest BCUT2D eigenvalue weighted by Crippen LogP contribution is -2.18. The summed E-state index contributed by atoms with van der Waals surface area (Å²) >= 11 is 0. The SMILES string of the molecule is CCCC(C)C(O)CCc1ccc(C)cc1. The summed E-state index contributed by atoms with van der Waals surface area (Å²) in [4.78, 5) is 0. The second-order valence-corrected chi connectivity index (χ2v) is 4.86. The highest BCUT2D eigenvalue weighted by atomic mass is 16.3. The Morgan fingerprint density at radius 3 is 2.31 bits per heavy atom. The molecular weight excluding hydrogens is 196 g/mol. The van der Waals surface area contributed by atoms with Gasteiger partial charge in [-0.2, -0.15) is 0 Å². The molecule has 16 heavy (non-hydrogen) atoms. The molecule has 0 aliphatic rings. The molecule has 0 aromatic heterocycles. The van der Waals surface area contributed by atoms with Gasteiger partial charge in [0.1, 0.15) is 0 Å². The number of hydrogen-bond acceptors (Lipinski definition) is 1. The Labute approximate surface area is 99.5 Å². The average molecular weight is 220 g/mol. The molecule has 2 atom stereocenters. The fraction of sp³-hybridized carbons (Fsp3) is 0.600. The largest absolute Gasteiger partial charge is 0.393 e. The number of aliphatic hydroxyl groups is 1. The second kappa shape index (κ2) is 6.70. The third kappa shape index (κ3) is 4.36. The first-order valence-electron chi connectivity index (χ1n) is 6.37. The van der Waals surface area contributed by atoms with Gasteiger partial charge in [0, 0.05) is 0 Å². The molecule has 0 aliphatic heterocycles. The number of benzene rings is 1. The van der Waals surface area contributed by atoms with Crippen LogP contribution in [0.1, 0.15) is 44.2 Å². The molecule has 0 radical (unpaired) electrons. The molecule has 0 fully saturated rings. The highest BCUT2D eigenvalue weighted by Crippen LogP contribution is 2.16. The third-order valence-electron chi connectivity index (χ3n) is 3.25. The molecule has 90 valence electrons. The zero-order valence-corrected chi connectivity index (χ0v) is 10.7. The summed E-state index contributed by atoms with van der Waals surface area (Å²) in [5.41, 5.74) is 2.62. The summed E-state index contributed by atoms with van der Waals surface area (Å²) in [6.45, 7) is 6.41. The minimum absolute atomic E-state index is 0.152. The number of rotatable bonds is 6. The molecule has 0 bridgehead atoms. The van der Waals surface area contributed by atoms with Crippen molar-refractivity contribution in [2.24, 2.45) is 5.92 Å². The van der Waals surface area contributed by atoms with Gasteiger partial charge < -0.3 is 5.11 Å². The van der Waals surface area contributed by atoms with Crippen LogP contribution in [-0.4, -0.2) is 11.2 Å². The van der Waals surface area contributed by atoms with Gasteiger partial charge in [-0.15, -0.1) is 0 Å². The molecule has 1 rings (SSSR count). The van der Waals surface area contributed by atoms with Crippen molar-refractivity contribution in [1.29, 1.82) is 0 Å². The van der Waals surface area contributed by atoms with Gasteiger partial charge in [0.2, 0.25) is 0 Å². The molecule has 0 aliphatic carbocycles. The van der Waals surface area contributed by atoms with Gasteiger partial charge in [-0.1, -0.05) is 50.1 Å². The Balaban J connectivity index is 2.36. The van der Waals surface area contributed by atoms with Crippen LogP contribution < -0.4 is 0 Å². The van der Waals surface area contributed by atoms with E-state index in [0.717, 1.165) is 25.7 Å². The molecule has 1 heteroatoms. The van der Waals surface area contributed by atoms with Crippen LogP contribution in [0.15, 0.2) is 24.3 Å². The zero-order chi connectivity index (χ0) is 12.0. The van der Waals surface area contributed by atoms with E-state index in [1.807, 2.05) is 0 Å². The Morgan fingerprint density at radius 2 is 1.75 bits per heavy atom. The fourth-order valence-electron chi connectivity index (χ4n) is 2.00. The standard InChI is InChI=1S/C15H24O/c1-4-5-13(3)15(16)11-10-14-8-6-12(2)7-9-14/h6-9,13,15-16H,4-5,10-11H2,1-3H3. The van der Waals surface area contributed by atoms with Crippen molar-refractivity contribution < 1.29 is 5.11 Å².